The summed E-state index contributed by atoms with van der Waals surface area (Å²) in [5.74, 6) is 0. The summed E-state index contributed by atoms with van der Waals surface area (Å²) in [7, 11) is 4.23. The summed E-state index contributed by atoms with van der Waals surface area (Å²) in [6.45, 7) is 0. The molecule has 0 aliphatic rings. The van der Waals surface area contributed by atoms with Crippen LogP contribution in [0.1, 0.15) is 0 Å². The van der Waals surface area contributed by atoms with Crippen LogP contribution in [0.25, 0.3) is 0 Å². The minimum absolute atomic E-state index is 0.292. The molecule has 0 aromatic carbocycles. The van der Waals surface area contributed by atoms with Gasteiger partial charge >= 0.3 is 26.4 Å². The molecule has 0 radical (unpaired) electrons. The zero-order valence-electron chi connectivity index (χ0n) is 15.5. The van der Waals surface area contributed by atoms with Crippen LogP contribution < -0.4 is 0 Å². The van der Waals surface area contributed by atoms with E-state index in [1.807, 2.05) is 0 Å². The molecule has 0 rings (SSSR count). The molecule has 0 aliphatic heterocycles. The Morgan fingerprint density at radius 1 is 0.478 bits per heavy atom. The van der Waals surface area contributed by atoms with E-state index < -0.39 is 31.6 Å². The third-order valence-electron chi connectivity index (χ3n) is 3.95. The van der Waals surface area contributed by atoms with Crippen LogP contribution >= 0.6 is 0 Å². The summed E-state index contributed by atoms with van der Waals surface area (Å²) in [5, 5.41) is -0.499. The first kappa shape index (κ1) is 23.3. The zero-order valence-corrected chi connectivity index (χ0v) is 18.5. The van der Waals surface area contributed by atoms with Gasteiger partial charge in [0.1, 0.15) is 5.16 Å². The van der Waals surface area contributed by atoms with Crippen LogP contribution in [-0.2, 0) is 39.8 Å². The molecule has 0 aromatic heterocycles. The van der Waals surface area contributed by atoms with Crippen LogP contribution in [0.5, 0.6) is 0 Å². The van der Waals surface area contributed by atoms with Crippen molar-refractivity contribution in [1.82, 2.24) is 0 Å². The van der Waals surface area contributed by atoms with Gasteiger partial charge in [0.05, 0.1) is 0 Å². The second-order valence-electron chi connectivity index (χ2n) is 4.48. The minimum atomic E-state index is -3.22. The van der Waals surface area contributed by atoms with E-state index >= 15 is 0 Å². The van der Waals surface area contributed by atoms with E-state index in [2.05, 4.69) is 0 Å². The Morgan fingerprint density at radius 2 is 0.739 bits per heavy atom. The van der Waals surface area contributed by atoms with E-state index in [9.17, 15) is 0 Å². The third-order valence-corrected chi connectivity index (χ3v) is 15.2. The largest absolute Gasteiger partial charge is 0.507 e. The van der Waals surface area contributed by atoms with E-state index in [0.29, 0.717) is 6.04 Å². The number of hydrogen-bond acceptors (Lipinski definition) is 9. The van der Waals surface area contributed by atoms with Crippen molar-refractivity contribution in [3.63, 3.8) is 0 Å². The van der Waals surface area contributed by atoms with Crippen molar-refractivity contribution in [1.29, 1.82) is 0 Å². The van der Waals surface area contributed by atoms with Gasteiger partial charge in [-0.15, -0.1) is 0 Å². The molecule has 0 heterocycles. The van der Waals surface area contributed by atoms with Gasteiger partial charge in [-0.2, -0.15) is 0 Å². The van der Waals surface area contributed by atoms with Crippen molar-refractivity contribution in [2.75, 3.05) is 64.0 Å². The predicted octanol–water partition coefficient (Wildman–Crippen LogP) is 0.530. The van der Waals surface area contributed by atoms with E-state index in [1.165, 1.54) is 64.0 Å². The molecule has 9 nitrogen and oxygen atoms in total. The average Bonchev–Trinajstić information content (AvgIpc) is 2.63. The quantitative estimate of drug-likeness (QED) is 0.418. The zero-order chi connectivity index (χ0) is 18.1. The SMILES string of the molecule is CO[Si](CC([Si](OC)(OC)OC)[Si](OC)(OC)OC)(OC)OC. The molecule has 0 atom stereocenters. The highest BCUT2D eigenvalue weighted by atomic mass is 28.5. The molecule has 0 unspecified atom stereocenters. The van der Waals surface area contributed by atoms with Gasteiger partial charge in [0, 0.05) is 70.0 Å². The Hall–Kier alpha value is 0.291. The van der Waals surface area contributed by atoms with Crippen LogP contribution in [0.3, 0.4) is 0 Å². The Labute approximate surface area is 142 Å². The summed E-state index contributed by atoms with van der Waals surface area (Å²) in [5.41, 5.74) is 0. The highest BCUT2D eigenvalue weighted by Gasteiger charge is 2.67. The summed E-state index contributed by atoms with van der Waals surface area (Å²) >= 11 is 0. The van der Waals surface area contributed by atoms with Crippen LogP contribution in [0.4, 0.5) is 0 Å². The van der Waals surface area contributed by atoms with Crippen molar-refractivity contribution in [3.05, 3.63) is 0 Å². The van der Waals surface area contributed by atoms with Gasteiger partial charge in [-0.25, -0.2) is 0 Å². The highest BCUT2D eigenvalue weighted by Crippen LogP contribution is 2.41. The molecule has 0 bridgehead atoms. The van der Waals surface area contributed by atoms with Gasteiger partial charge in [0.2, 0.25) is 0 Å². The fourth-order valence-electron chi connectivity index (χ4n) is 2.57. The van der Waals surface area contributed by atoms with Crippen molar-refractivity contribution in [3.8, 4) is 0 Å². The first-order valence-electron chi connectivity index (χ1n) is 6.85. The Kier molecular flexibility index (Phi) is 10.5. The Balaban J connectivity index is 6.09. The standard InChI is InChI=1S/C11H30O9Si3/c1-12-21(13-2,14-3)10-11(22(15-4,16-5)17-6)23(18-7,19-8)20-9/h11H,10H2,1-9H3. The van der Waals surface area contributed by atoms with E-state index in [4.69, 9.17) is 39.8 Å². The summed E-state index contributed by atoms with van der Waals surface area (Å²) in [6.07, 6.45) is 0. The Morgan fingerprint density at radius 3 is 0.913 bits per heavy atom. The molecule has 0 aliphatic carbocycles. The number of rotatable bonds is 13. The summed E-state index contributed by atoms with van der Waals surface area (Å²) in [4.78, 5) is 0. The molecule has 12 heteroatoms. The van der Waals surface area contributed by atoms with Gasteiger partial charge in [-0.1, -0.05) is 0 Å². The summed E-state index contributed by atoms with van der Waals surface area (Å²) < 4.78 is 50.4. The maximum atomic E-state index is 5.63. The first-order valence-corrected chi connectivity index (χ1v) is 12.4. The molecular weight excluding hydrogens is 360 g/mol. The molecular formula is C11H30O9Si3. The predicted molar refractivity (Wildman–Crippen MR) is 88.9 cm³/mol. The smallest absolute Gasteiger partial charge is 0.377 e. The fourth-order valence-corrected chi connectivity index (χ4v) is 14.1. The van der Waals surface area contributed by atoms with E-state index in [1.54, 1.807) is 0 Å². The molecule has 0 fully saturated rings. The number of hydrogen-bond donors (Lipinski definition) is 0. The van der Waals surface area contributed by atoms with Gasteiger partial charge in [0.25, 0.3) is 0 Å². The summed E-state index contributed by atoms with van der Waals surface area (Å²) in [6, 6.07) is 0.292. The van der Waals surface area contributed by atoms with Crippen molar-refractivity contribution >= 4 is 26.4 Å². The minimum Gasteiger partial charge on any atom is -0.377 e. The lowest BCUT2D eigenvalue weighted by molar-refractivity contribution is 0.0728. The molecule has 0 spiro atoms. The molecule has 23 heavy (non-hydrogen) atoms. The van der Waals surface area contributed by atoms with Crippen molar-refractivity contribution in [2.24, 2.45) is 0 Å². The van der Waals surface area contributed by atoms with Gasteiger partial charge in [-0.05, 0) is 0 Å². The lowest BCUT2D eigenvalue weighted by atomic mass is 10.9. The molecule has 0 saturated heterocycles. The topological polar surface area (TPSA) is 83.1 Å². The van der Waals surface area contributed by atoms with Crippen molar-refractivity contribution < 1.29 is 39.8 Å². The second kappa shape index (κ2) is 10.3. The van der Waals surface area contributed by atoms with Crippen LogP contribution in [0.15, 0.2) is 0 Å². The fraction of sp³-hybridized carbons (Fsp3) is 1.00. The Bertz CT molecular complexity index is 277. The first-order chi connectivity index (χ1) is 10.9. The van der Waals surface area contributed by atoms with Gasteiger partial charge in [-0.3, -0.25) is 0 Å². The molecule has 0 saturated carbocycles. The van der Waals surface area contributed by atoms with Crippen molar-refractivity contribution in [2.45, 2.75) is 11.2 Å². The lowest BCUT2D eigenvalue weighted by Gasteiger charge is -2.41. The lowest BCUT2D eigenvalue weighted by Crippen LogP contribution is -2.64. The van der Waals surface area contributed by atoms with Crippen LogP contribution in [0, 0.1) is 0 Å². The maximum absolute atomic E-state index is 5.63. The highest BCUT2D eigenvalue weighted by molar-refractivity contribution is 6.84. The molecule has 0 aromatic rings. The second-order valence-corrected chi connectivity index (χ2v) is 14.3. The monoisotopic (exact) mass is 390 g/mol. The van der Waals surface area contributed by atoms with Gasteiger partial charge in [0.15, 0.2) is 0 Å². The van der Waals surface area contributed by atoms with Crippen LogP contribution in [-0.4, -0.2) is 90.4 Å². The molecule has 140 valence electrons. The maximum Gasteiger partial charge on any atom is 0.507 e. The average molecular weight is 391 g/mol. The normalized spacial score (nSPS) is 13.8. The van der Waals surface area contributed by atoms with E-state index in [-0.39, 0.29) is 0 Å². The van der Waals surface area contributed by atoms with Crippen LogP contribution in [0.2, 0.25) is 11.2 Å². The molecule has 0 N–H and O–H groups in total. The third kappa shape index (κ3) is 4.68. The van der Waals surface area contributed by atoms with E-state index in [0.717, 1.165) is 0 Å². The molecule has 0 amide bonds. The van der Waals surface area contributed by atoms with Gasteiger partial charge < -0.3 is 39.8 Å².